The summed E-state index contributed by atoms with van der Waals surface area (Å²) in [6.45, 7) is 6.65. The largest absolute Gasteiger partial charge is 0.269 e. The van der Waals surface area contributed by atoms with E-state index in [2.05, 4.69) is 16.7 Å². The molecule has 0 aliphatic heterocycles. The molecule has 0 atom stereocenters. The van der Waals surface area contributed by atoms with E-state index < -0.39 is 10.0 Å². The molecule has 1 saturated carbocycles. The van der Waals surface area contributed by atoms with E-state index in [0.717, 1.165) is 31.6 Å². The molecule has 1 aliphatic carbocycles. The summed E-state index contributed by atoms with van der Waals surface area (Å²) in [5.74, 6) is 0.764. The Hall–Kier alpha value is -0.880. The lowest BCUT2D eigenvalue weighted by Gasteiger charge is -2.28. The third kappa shape index (κ3) is 3.23. The standard InChI is InChI=1S/C14H25N3O2S/c1-4-12-6-8-13(9-7-12)16-20(18,19)14-10-15-17(5-2)11(14)3/h10,12-13,16H,4-9H2,1-3H3. The fourth-order valence-electron chi connectivity index (χ4n) is 2.98. The van der Waals surface area contributed by atoms with Crippen LogP contribution in [-0.2, 0) is 16.6 Å². The lowest BCUT2D eigenvalue weighted by atomic mass is 9.85. The first-order valence-corrected chi connectivity index (χ1v) is 9.01. The van der Waals surface area contributed by atoms with Gasteiger partial charge in [-0.15, -0.1) is 0 Å². The zero-order valence-corrected chi connectivity index (χ0v) is 13.4. The van der Waals surface area contributed by atoms with Gasteiger partial charge in [-0.05, 0) is 45.4 Å². The topological polar surface area (TPSA) is 64.0 Å². The highest BCUT2D eigenvalue weighted by Crippen LogP contribution is 2.27. The molecule has 0 aromatic carbocycles. The van der Waals surface area contributed by atoms with E-state index in [1.807, 2.05) is 6.92 Å². The van der Waals surface area contributed by atoms with Crippen molar-refractivity contribution in [2.45, 2.75) is 70.4 Å². The third-order valence-electron chi connectivity index (χ3n) is 4.39. The first-order valence-electron chi connectivity index (χ1n) is 7.52. The third-order valence-corrected chi connectivity index (χ3v) is 6.02. The molecule has 1 N–H and O–H groups in total. The molecule has 1 aromatic heterocycles. The molecule has 0 radical (unpaired) electrons. The fourth-order valence-corrected chi connectivity index (χ4v) is 4.47. The average Bonchev–Trinajstić information content (AvgIpc) is 2.81. The Labute approximate surface area is 121 Å². The number of aryl methyl sites for hydroxylation is 1. The highest BCUT2D eigenvalue weighted by molar-refractivity contribution is 7.89. The summed E-state index contributed by atoms with van der Waals surface area (Å²) in [7, 11) is -3.44. The van der Waals surface area contributed by atoms with E-state index in [1.165, 1.54) is 12.6 Å². The molecule has 1 aromatic rings. The van der Waals surface area contributed by atoms with Crippen molar-refractivity contribution in [2.24, 2.45) is 5.92 Å². The van der Waals surface area contributed by atoms with Crippen LogP contribution in [0.1, 0.15) is 51.6 Å². The van der Waals surface area contributed by atoms with Gasteiger partial charge in [-0.1, -0.05) is 13.3 Å². The van der Waals surface area contributed by atoms with Gasteiger partial charge in [0.25, 0.3) is 0 Å². The van der Waals surface area contributed by atoms with Crippen molar-refractivity contribution in [3.05, 3.63) is 11.9 Å². The maximum Gasteiger partial charge on any atom is 0.244 e. The highest BCUT2D eigenvalue weighted by atomic mass is 32.2. The van der Waals surface area contributed by atoms with Crippen molar-refractivity contribution >= 4 is 10.0 Å². The van der Waals surface area contributed by atoms with Crippen LogP contribution in [0, 0.1) is 12.8 Å². The molecule has 114 valence electrons. The van der Waals surface area contributed by atoms with Crippen molar-refractivity contribution in [2.75, 3.05) is 0 Å². The minimum atomic E-state index is -3.44. The Bertz CT molecular complexity index is 543. The number of rotatable bonds is 5. The SMILES string of the molecule is CCC1CCC(NS(=O)(=O)c2cnn(CC)c2C)CC1. The van der Waals surface area contributed by atoms with Crippen molar-refractivity contribution in [3.8, 4) is 0 Å². The number of aromatic nitrogens is 2. The van der Waals surface area contributed by atoms with Crippen LogP contribution in [0.3, 0.4) is 0 Å². The summed E-state index contributed by atoms with van der Waals surface area (Å²) in [6, 6.07) is 0.0761. The summed E-state index contributed by atoms with van der Waals surface area (Å²) in [4.78, 5) is 0.317. The summed E-state index contributed by atoms with van der Waals surface area (Å²) < 4.78 is 29.4. The van der Waals surface area contributed by atoms with Gasteiger partial charge in [0.1, 0.15) is 4.90 Å². The second-order valence-corrected chi connectivity index (χ2v) is 7.34. The first kappa shape index (κ1) is 15.5. The molecular weight excluding hydrogens is 274 g/mol. The van der Waals surface area contributed by atoms with Gasteiger partial charge in [-0.3, -0.25) is 4.68 Å². The molecule has 0 amide bonds. The molecule has 0 bridgehead atoms. The van der Waals surface area contributed by atoms with E-state index in [0.29, 0.717) is 17.1 Å². The second kappa shape index (κ2) is 6.26. The van der Waals surface area contributed by atoms with Crippen molar-refractivity contribution in [1.82, 2.24) is 14.5 Å². The van der Waals surface area contributed by atoms with Crippen molar-refractivity contribution in [1.29, 1.82) is 0 Å². The molecule has 0 saturated heterocycles. The van der Waals surface area contributed by atoms with Crippen LogP contribution < -0.4 is 4.72 Å². The van der Waals surface area contributed by atoms with E-state index in [-0.39, 0.29) is 6.04 Å². The van der Waals surface area contributed by atoms with Gasteiger partial charge in [-0.2, -0.15) is 5.10 Å². The Morgan fingerprint density at radius 3 is 2.45 bits per heavy atom. The summed E-state index contributed by atoms with van der Waals surface area (Å²) in [5, 5.41) is 4.12. The number of sulfonamides is 1. The Balaban J connectivity index is 2.06. The highest BCUT2D eigenvalue weighted by Gasteiger charge is 2.27. The predicted octanol–water partition coefficient (Wildman–Crippen LogP) is 2.46. The molecule has 6 heteroatoms. The smallest absolute Gasteiger partial charge is 0.244 e. The van der Waals surface area contributed by atoms with Gasteiger partial charge in [0.05, 0.1) is 11.9 Å². The number of nitrogens with zero attached hydrogens (tertiary/aromatic N) is 2. The quantitative estimate of drug-likeness (QED) is 0.908. The molecule has 5 nitrogen and oxygen atoms in total. The van der Waals surface area contributed by atoms with E-state index in [1.54, 1.807) is 11.6 Å². The Morgan fingerprint density at radius 1 is 1.30 bits per heavy atom. The average molecular weight is 299 g/mol. The second-order valence-electron chi connectivity index (χ2n) is 5.66. The van der Waals surface area contributed by atoms with E-state index in [9.17, 15) is 8.42 Å². The van der Waals surface area contributed by atoms with Crippen molar-refractivity contribution < 1.29 is 8.42 Å². The van der Waals surface area contributed by atoms with E-state index >= 15 is 0 Å². The maximum absolute atomic E-state index is 12.4. The van der Waals surface area contributed by atoms with Crippen LogP contribution in [0.5, 0.6) is 0 Å². The number of nitrogens with one attached hydrogen (secondary N) is 1. The van der Waals surface area contributed by atoms with Crippen molar-refractivity contribution in [3.63, 3.8) is 0 Å². The molecule has 0 unspecified atom stereocenters. The van der Waals surface area contributed by atoms with Crippen LogP contribution in [0.2, 0.25) is 0 Å². The molecule has 2 rings (SSSR count). The lowest BCUT2D eigenvalue weighted by molar-refractivity contribution is 0.306. The Morgan fingerprint density at radius 2 is 1.95 bits per heavy atom. The molecule has 1 fully saturated rings. The molecule has 1 aliphatic rings. The summed E-state index contributed by atoms with van der Waals surface area (Å²) in [6.07, 6.45) is 6.78. The zero-order valence-electron chi connectivity index (χ0n) is 12.6. The summed E-state index contributed by atoms with van der Waals surface area (Å²) >= 11 is 0. The van der Waals surface area contributed by atoms with Gasteiger partial charge in [-0.25, -0.2) is 13.1 Å². The molecule has 0 spiro atoms. The summed E-state index contributed by atoms with van der Waals surface area (Å²) in [5.41, 5.74) is 0.710. The minimum Gasteiger partial charge on any atom is -0.269 e. The Kier molecular flexibility index (Phi) is 4.86. The van der Waals surface area contributed by atoms with Gasteiger partial charge >= 0.3 is 0 Å². The zero-order chi connectivity index (χ0) is 14.8. The lowest BCUT2D eigenvalue weighted by Crippen LogP contribution is -2.37. The van der Waals surface area contributed by atoms with Gasteiger partial charge in [0.2, 0.25) is 10.0 Å². The van der Waals surface area contributed by atoms with Gasteiger partial charge in [0.15, 0.2) is 0 Å². The number of hydrogen-bond donors (Lipinski definition) is 1. The van der Waals surface area contributed by atoms with Gasteiger partial charge < -0.3 is 0 Å². The molecule has 20 heavy (non-hydrogen) atoms. The van der Waals surface area contributed by atoms with Crippen LogP contribution >= 0.6 is 0 Å². The number of hydrogen-bond acceptors (Lipinski definition) is 3. The first-order chi connectivity index (χ1) is 9.47. The van der Waals surface area contributed by atoms with Crippen LogP contribution in [0.4, 0.5) is 0 Å². The molecule has 1 heterocycles. The van der Waals surface area contributed by atoms with E-state index in [4.69, 9.17) is 0 Å². The normalized spacial score (nSPS) is 23.9. The van der Waals surface area contributed by atoms with Crippen LogP contribution in [-0.4, -0.2) is 24.2 Å². The van der Waals surface area contributed by atoms with Crippen LogP contribution in [0.25, 0.3) is 0 Å². The monoisotopic (exact) mass is 299 g/mol. The predicted molar refractivity (Wildman–Crippen MR) is 79.0 cm³/mol. The van der Waals surface area contributed by atoms with Crippen LogP contribution in [0.15, 0.2) is 11.1 Å². The molecular formula is C14H25N3O2S. The fraction of sp³-hybridized carbons (Fsp3) is 0.786. The van der Waals surface area contributed by atoms with Gasteiger partial charge in [0, 0.05) is 12.6 Å². The maximum atomic E-state index is 12.4. The minimum absolute atomic E-state index is 0.0761.